The first-order valence-corrected chi connectivity index (χ1v) is 7.21. The number of rotatable bonds is 3. The van der Waals surface area contributed by atoms with Gasteiger partial charge >= 0.3 is 6.03 Å². The molecule has 3 N–H and O–H groups in total. The molecule has 0 aliphatic heterocycles. The smallest absolute Gasteiger partial charge is 0.319 e. The zero-order valence-electron chi connectivity index (χ0n) is 12.5. The highest BCUT2D eigenvalue weighted by atomic mass is 16.3. The normalized spacial score (nSPS) is 25.5. The number of carbonyl (C=O) groups is 1. The maximum Gasteiger partial charge on any atom is 0.319 e. The predicted octanol–water partition coefficient (Wildman–Crippen LogP) is 2.98. The van der Waals surface area contributed by atoms with Crippen LogP contribution in [0.3, 0.4) is 0 Å². The number of urea groups is 1. The zero-order valence-corrected chi connectivity index (χ0v) is 12.5. The second-order valence-electron chi connectivity index (χ2n) is 6.10. The molecule has 1 aliphatic rings. The van der Waals surface area contributed by atoms with Gasteiger partial charge in [-0.25, -0.2) is 4.79 Å². The van der Waals surface area contributed by atoms with Crippen molar-refractivity contribution < 1.29 is 9.90 Å². The number of nitrogens with one attached hydrogen (secondary N) is 2. The van der Waals surface area contributed by atoms with Gasteiger partial charge in [-0.3, -0.25) is 0 Å². The van der Waals surface area contributed by atoms with Crippen molar-refractivity contribution in [3.8, 4) is 0 Å². The Kier molecular flexibility index (Phi) is 4.33. The third-order valence-electron chi connectivity index (χ3n) is 4.60. The number of amides is 2. The van der Waals surface area contributed by atoms with Gasteiger partial charge in [0.1, 0.15) is 0 Å². The molecular weight excluding hydrogens is 252 g/mol. The van der Waals surface area contributed by atoms with E-state index in [9.17, 15) is 9.90 Å². The van der Waals surface area contributed by atoms with E-state index in [1.54, 1.807) is 0 Å². The summed E-state index contributed by atoms with van der Waals surface area (Å²) >= 11 is 0. The first-order valence-electron chi connectivity index (χ1n) is 7.21. The molecular formula is C16H24N2O2. The lowest BCUT2D eigenvalue weighted by atomic mass is 9.86. The Morgan fingerprint density at radius 2 is 2.20 bits per heavy atom. The van der Waals surface area contributed by atoms with Crippen molar-refractivity contribution in [3.05, 3.63) is 29.3 Å². The van der Waals surface area contributed by atoms with Crippen LogP contribution in [0.5, 0.6) is 0 Å². The summed E-state index contributed by atoms with van der Waals surface area (Å²) in [4.78, 5) is 12.1. The van der Waals surface area contributed by atoms with E-state index in [0.29, 0.717) is 0 Å². The highest BCUT2D eigenvalue weighted by Crippen LogP contribution is 2.37. The Morgan fingerprint density at radius 3 is 2.90 bits per heavy atom. The van der Waals surface area contributed by atoms with Crippen molar-refractivity contribution in [2.24, 2.45) is 5.41 Å². The Hall–Kier alpha value is -1.55. The summed E-state index contributed by atoms with van der Waals surface area (Å²) in [6, 6.07) is 5.72. The topological polar surface area (TPSA) is 61.4 Å². The van der Waals surface area contributed by atoms with Gasteiger partial charge in [0.2, 0.25) is 0 Å². The minimum Gasteiger partial charge on any atom is -0.396 e. The minimum absolute atomic E-state index is 0.0395. The lowest BCUT2D eigenvalue weighted by Crippen LogP contribution is -2.46. The van der Waals surface area contributed by atoms with Crippen molar-refractivity contribution in [2.75, 3.05) is 11.9 Å². The van der Waals surface area contributed by atoms with Gasteiger partial charge in [-0.2, -0.15) is 0 Å². The molecule has 1 aliphatic carbocycles. The number of hydrogen-bond donors (Lipinski definition) is 3. The SMILES string of the molecule is Cc1cccc(NC(=O)NC2CCCC2(C)CO)c1C. The number of aryl methyl sites for hydroxylation is 1. The maximum atomic E-state index is 12.1. The van der Waals surface area contributed by atoms with Crippen LogP contribution >= 0.6 is 0 Å². The van der Waals surface area contributed by atoms with Crippen molar-refractivity contribution in [1.29, 1.82) is 0 Å². The summed E-state index contributed by atoms with van der Waals surface area (Å²) in [5.41, 5.74) is 2.88. The molecule has 0 radical (unpaired) electrons. The van der Waals surface area contributed by atoms with E-state index < -0.39 is 0 Å². The van der Waals surface area contributed by atoms with Crippen molar-refractivity contribution in [2.45, 2.75) is 46.1 Å². The summed E-state index contributed by atoms with van der Waals surface area (Å²) in [5, 5.41) is 15.4. The summed E-state index contributed by atoms with van der Waals surface area (Å²) in [6.07, 6.45) is 2.93. The van der Waals surface area contributed by atoms with E-state index in [1.807, 2.05) is 39.0 Å². The quantitative estimate of drug-likeness (QED) is 0.795. The van der Waals surface area contributed by atoms with Crippen LogP contribution in [0.4, 0.5) is 10.5 Å². The van der Waals surface area contributed by atoms with E-state index in [0.717, 1.165) is 36.1 Å². The average molecular weight is 276 g/mol. The molecule has 0 bridgehead atoms. The number of carbonyl (C=O) groups excluding carboxylic acids is 1. The number of aliphatic hydroxyl groups is 1. The van der Waals surface area contributed by atoms with Crippen LogP contribution in [0.2, 0.25) is 0 Å². The van der Waals surface area contributed by atoms with Gasteiger partial charge in [0.15, 0.2) is 0 Å². The predicted molar refractivity (Wildman–Crippen MR) is 80.9 cm³/mol. The zero-order chi connectivity index (χ0) is 14.8. The van der Waals surface area contributed by atoms with Crippen LogP contribution in [-0.4, -0.2) is 23.8 Å². The van der Waals surface area contributed by atoms with Gasteiger partial charge in [0.25, 0.3) is 0 Å². The molecule has 2 amide bonds. The number of benzene rings is 1. The molecule has 4 heteroatoms. The largest absolute Gasteiger partial charge is 0.396 e. The molecule has 1 aromatic rings. The number of hydrogen-bond acceptors (Lipinski definition) is 2. The Bertz CT molecular complexity index is 501. The Morgan fingerprint density at radius 1 is 1.45 bits per heavy atom. The van der Waals surface area contributed by atoms with Crippen molar-refractivity contribution in [1.82, 2.24) is 5.32 Å². The molecule has 4 nitrogen and oxygen atoms in total. The van der Waals surface area contributed by atoms with Crippen LogP contribution in [0.25, 0.3) is 0 Å². The van der Waals surface area contributed by atoms with Gasteiger partial charge in [-0.15, -0.1) is 0 Å². The molecule has 2 rings (SSSR count). The third-order valence-corrected chi connectivity index (χ3v) is 4.60. The Labute approximate surface area is 120 Å². The molecule has 1 saturated carbocycles. The van der Waals surface area contributed by atoms with Crippen LogP contribution in [0, 0.1) is 19.3 Å². The maximum absolute atomic E-state index is 12.1. The van der Waals surface area contributed by atoms with E-state index in [-0.39, 0.29) is 24.1 Å². The number of aliphatic hydroxyl groups excluding tert-OH is 1. The summed E-state index contributed by atoms with van der Waals surface area (Å²) in [7, 11) is 0. The van der Waals surface area contributed by atoms with E-state index >= 15 is 0 Å². The van der Waals surface area contributed by atoms with E-state index in [4.69, 9.17) is 0 Å². The molecule has 2 atom stereocenters. The second-order valence-corrected chi connectivity index (χ2v) is 6.10. The fraction of sp³-hybridized carbons (Fsp3) is 0.562. The van der Waals surface area contributed by atoms with Crippen molar-refractivity contribution >= 4 is 11.7 Å². The molecule has 20 heavy (non-hydrogen) atoms. The van der Waals surface area contributed by atoms with Crippen LogP contribution in [0.15, 0.2) is 18.2 Å². The standard InChI is InChI=1S/C16H24N2O2/c1-11-6-4-7-13(12(11)2)17-15(20)18-14-8-5-9-16(14,3)10-19/h4,6-7,14,19H,5,8-10H2,1-3H3,(H2,17,18,20). The van der Waals surface area contributed by atoms with Gasteiger partial charge in [-0.1, -0.05) is 25.5 Å². The van der Waals surface area contributed by atoms with E-state index in [2.05, 4.69) is 10.6 Å². The molecule has 110 valence electrons. The average Bonchev–Trinajstić information content (AvgIpc) is 2.77. The van der Waals surface area contributed by atoms with Crippen molar-refractivity contribution in [3.63, 3.8) is 0 Å². The summed E-state index contributed by atoms with van der Waals surface area (Å²) < 4.78 is 0. The van der Waals surface area contributed by atoms with Gasteiger partial charge in [0, 0.05) is 17.1 Å². The Balaban J connectivity index is 2.01. The molecule has 0 aromatic heterocycles. The molecule has 0 spiro atoms. The third kappa shape index (κ3) is 2.96. The molecule has 0 heterocycles. The fourth-order valence-corrected chi connectivity index (χ4v) is 2.87. The minimum atomic E-state index is -0.195. The van der Waals surface area contributed by atoms with Crippen LogP contribution < -0.4 is 10.6 Å². The first-order chi connectivity index (χ1) is 9.46. The molecule has 0 saturated heterocycles. The monoisotopic (exact) mass is 276 g/mol. The van der Waals surface area contributed by atoms with Gasteiger partial charge in [0.05, 0.1) is 6.61 Å². The summed E-state index contributed by atoms with van der Waals surface area (Å²) in [5.74, 6) is 0. The van der Waals surface area contributed by atoms with Gasteiger partial charge in [-0.05, 0) is 43.9 Å². The molecule has 1 fully saturated rings. The van der Waals surface area contributed by atoms with Crippen LogP contribution in [-0.2, 0) is 0 Å². The van der Waals surface area contributed by atoms with E-state index in [1.165, 1.54) is 0 Å². The van der Waals surface area contributed by atoms with Gasteiger partial charge < -0.3 is 15.7 Å². The highest BCUT2D eigenvalue weighted by Gasteiger charge is 2.39. The fourth-order valence-electron chi connectivity index (χ4n) is 2.87. The first kappa shape index (κ1) is 14.9. The van der Waals surface area contributed by atoms with Crippen LogP contribution in [0.1, 0.15) is 37.3 Å². The molecule has 2 unspecified atom stereocenters. The summed E-state index contributed by atoms with van der Waals surface area (Å²) in [6.45, 7) is 6.17. The number of anilines is 1. The second kappa shape index (κ2) is 5.83. The lowest BCUT2D eigenvalue weighted by Gasteiger charge is -2.30. The highest BCUT2D eigenvalue weighted by molar-refractivity contribution is 5.90. The molecule has 1 aromatic carbocycles. The lowest BCUT2D eigenvalue weighted by molar-refractivity contribution is 0.122.